The second-order valence-electron chi connectivity index (χ2n) is 11.4. The Bertz CT molecular complexity index is 2250. The molecule has 0 bridgehead atoms. The second-order valence-corrected chi connectivity index (χ2v) is 11.8. The van der Waals surface area contributed by atoms with E-state index >= 15 is 0 Å². The van der Waals surface area contributed by atoms with Crippen LogP contribution in [0, 0.1) is 0 Å². The van der Waals surface area contributed by atoms with Gasteiger partial charge in [-0.05, 0) is 54.6 Å². The first kappa shape index (κ1) is 32.4. The number of anilines is 1. The first-order valence-electron chi connectivity index (χ1n) is 15.4. The maximum atomic E-state index is 13.6. The minimum absolute atomic E-state index is 0.137. The molecule has 4 heterocycles. The summed E-state index contributed by atoms with van der Waals surface area (Å²) in [6.07, 6.45) is 4.79. The van der Waals surface area contributed by atoms with Gasteiger partial charge in [0.05, 0.1) is 44.7 Å². The fourth-order valence-electron chi connectivity index (χ4n) is 5.98. The van der Waals surface area contributed by atoms with Crippen LogP contribution in [0.4, 0.5) is 5.69 Å². The number of hydrogen-bond donors (Lipinski definition) is 2. The van der Waals surface area contributed by atoms with Gasteiger partial charge in [0.2, 0.25) is 0 Å². The van der Waals surface area contributed by atoms with Crippen LogP contribution in [0.2, 0.25) is 5.02 Å². The average molecular weight is 665 g/mol. The average Bonchev–Trinajstić information content (AvgIpc) is 3.36. The zero-order valence-electron chi connectivity index (χ0n) is 26.4. The van der Waals surface area contributed by atoms with Crippen molar-refractivity contribution in [3.8, 4) is 16.8 Å². The summed E-state index contributed by atoms with van der Waals surface area (Å²) in [5.41, 5.74) is 6.99. The molecular weight excluding hydrogens is 632 g/mol. The Kier molecular flexibility index (Phi) is 9.24. The quantitative estimate of drug-likeness (QED) is 0.218. The number of para-hydroxylation sites is 1. The summed E-state index contributed by atoms with van der Waals surface area (Å²) in [6.45, 7) is 7.16. The van der Waals surface area contributed by atoms with Crippen molar-refractivity contribution in [1.29, 1.82) is 0 Å². The van der Waals surface area contributed by atoms with E-state index in [0.29, 0.717) is 17.2 Å². The van der Waals surface area contributed by atoms with Crippen molar-refractivity contribution >= 4 is 62.1 Å². The van der Waals surface area contributed by atoms with Gasteiger partial charge in [-0.15, -0.1) is 0 Å². The van der Waals surface area contributed by atoms with Gasteiger partial charge in [0.15, 0.2) is 0 Å². The van der Waals surface area contributed by atoms with Crippen molar-refractivity contribution in [1.82, 2.24) is 24.0 Å². The number of hydrogen-bond acceptors (Lipinski definition) is 7. The number of aliphatic carboxylic acids is 2. The number of aryl methyl sites for hydroxylation is 1. The van der Waals surface area contributed by atoms with Crippen molar-refractivity contribution in [3.63, 3.8) is 0 Å². The van der Waals surface area contributed by atoms with Crippen LogP contribution in [0.25, 0.3) is 49.7 Å². The number of piperazine rings is 1. The number of imidazole rings is 1. The monoisotopic (exact) mass is 664 g/mol. The summed E-state index contributed by atoms with van der Waals surface area (Å²) in [4.78, 5) is 46.8. The number of halogens is 1. The summed E-state index contributed by atoms with van der Waals surface area (Å²) in [5, 5.41) is 18.3. The van der Waals surface area contributed by atoms with Crippen LogP contribution in [-0.4, -0.2) is 78.9 Å². The fraction of sp³-hybridized carbons (Fsp3) is 0.194. The highest BCUT2D eigenvalue weighted by atomic mass is 35.5. The number of carboxylic acid groups (broad SMARTS) is 2. The lowest BCUT2D eigenvalue weighted by molar-refractivity contribution is -0.134. The molecule has 1 aliphatic heterocycles. The molecule has 0 unspecified atom stereocenters. The Morgan fingerprint density at radius 2 is 1.56 bits per heavy atom. The highest BCUT2D eigenvalue weighted by Gasteiger charge is 2.21. The first-order valence-corrected chi connectivity index (χ1v) is 15.8. The number of likely N-dealkylation sites (N-methyl/N-ethyl adjacent to an activating group) is 1. The van der Waals surface area contributed by atoms with Gasteiger partial charge in [0, 0.05) is 67.9 Å². The molecule has 1 aliphatic rings. The molecule has 3 aromatic heterocycles. The molecule has 0 radical (unpaired) electrons. The van der Waals surface area contributed by atoms with Gasteiger partial charge in [-0.3, -0.25) is 19.1 Å². The Morgan fingerprint density at radius 3 is 2.25 bits per heavy atom. The van der Waals surface area contributed by atoms with Crippen LogP contribution in [0.5, 0.6) is 0 Å². The highest BCUT2D eigenvalue weighted by molar-refractivity contribution is 6.33. The van der Waals surface area contributed by atoms with Crippen molar-refractivity contribution in [2.75, 3.05) is 37.6 Å². The minimum Gasteiger partial charge on any atom is -0.478 e. The molecule has 12 heteroatoms. The number of benzene rings is 3. The van der Waals surface area contributed by atoms with Gasteiger partial charge in [0.25, 0.3) is 0 Å². The number of fused-ring (bicyclic) bond motifs is 4. The van der Waals surface area contributed by atoms with E-state index < -0.39 is 11.9 Å². The van der Waals surface area contributed by atoms with Gasteiger partial charge < -0.3 is 20.0 Å². The number of carboxylic acids is 2. The maximum Gasteiger partial charge on any atom is 0.333 e. The molecule has 3 aromatic carbocycles. The molecule has 0 atom stereocenters. The van der Waals surface area contributed by atoms with E-state index in [0.717, 1.165) is 88.1 Å². The Hall–Kier alpha value is -5.52. The normalized spacial score (nSPS) is 13.7. The molecule has 0 spiro atoms. The molecule has 0 aliphatic carbocycles. The predicted molar refractivity (Wildman–Crippen MR) is 188 cm³/mol. The molecule has 11 nitrogen and oxygen atoms in total. The maximum absolute atomic E-state index is 13.6. The predicted octanol–water partition coefficient (Wildman–Crippen LogP) is 5.60. The molecular formula is C36H33ClN6O5. The largest absolute Gasteiger partial charge is 0.478 e. The van der Waals surface area contributed by atoms with Crippen molar-refractivity contribution in [2.45, 2.75) is 6.92 Å². The van der Waals surface area contributed by atoms with Crippen LogP contribution in [0.15, 0.2) is 96.1 Å². The molecule has 7 rings (SSSR count). The number of aromatic nitrogens is 4. The van der Waals surface area contributed by atoms with Gasteiger partial charge in [-0.2, -0.15) is 0 Å². The molecule has 244 valence electrons. The van der Waals surface area contributed by atoms with E-state index in [1.165, 1.54) is 0 Å². The lowest BCUT2D eigenvalue weighted by Gasteiger charge is -2.36. The van der Waals surface area contributed by atoms with E-state index in [4.69, 9.17) is 21.8 Å². The zero-order valence-corrected chi connectivity index (χ0v) is 27.1. The second kappa shape index (κ2) is 13.7. The number of carbonyl (C=O) groups is 2. The fourth-order valence-corrected chi connectivity index (χ4v) is 6.28. The van der Waals surface area contributed by atoms with Crippen LogP contribution >= 0.6 is 11.6 Å². The van der Waals surface area contributed by atoms with Gasteiger partial charge >= 0.3 is 17.6 Å². The molecule has 0 amide bonds. The number of nitrogens with zero attached hydrogens (tertiary/aromatic N) is 6. The third kappa shape index (κ3) is 6.51. The highest BCUT2D eigenvalue weighted by Crippen LogP contribution is 2.33. The SMILES string of the molecule is CCN1CCN(c2ccc(-n3c(=O)n(C)c4cnc5ccc(-c6cnc7ccccc7c6)cc5c43)cc2Cl)CC1.O=C(O)C=CC(=O)O. The summed E-state index contributed by atoms with van der Waals surface area (Å²) in [5.74, 6) is -2.51. The van der Waals surface area contributed by atoms with E-state index in [2.05, 4.69) is 51.0 Å². The third-order valence-electron chi connectivity index (χ3n) is 8.53. The van der Waals surface area contributed by atoms with E-state index in [1.807, 2.05) is 48.7 Å². The lowest BCUT2D eigenvalue weighted by atomic mass is 10.0. The Morgan fingerprint density at radius 1 is 0.854 bits per heavy atom. The smallest absolute Gasteiger partial charge is 0.333 e. The third-order valence-corrected chi connectivity index (χ3v) is 8.83. The lowest BCUT2D eigenvalue weighted by Crippen LogP contribution is -2.46. The molecule has 0 saturated carbocycles. The molecule has 6 aromatic rings. The topological polar surface area (TPSA) is 134 Å². The number of rotatable bonds is 6. The summed E-state index contributed by atoms with van der Waals surface area (Å²) < 4.78 is 3.41. The molecule has 1 fully saturated rings. The number of pyridine rings is 2. The molecule has 2 N–H and O–H groups in total. The van der Waals surface area contributed by atoms with Crippen molar-refractivity contribution in [3.05, 3.63) is 107 Å². The standard InChI is InChI=1S/C32H29ClN6O.C4H4O4/c1-3-37-12-14-38(15-13-37)29-11-9-24(18-26(29)33)39-31-25-17-21(23-16-22-6-4-5-7-27(22)34-19-23)8-10-28(25)35-20-30(31)36(2)32(39)40;5-3(6)1-2-4(7)8/h4-11,16-20H,3,12-15H2,1-2H3;1-2H,(H,5,6)(H,7,8). The summed E-state index contributed by atoms with van der Waals surface area (Å²) >= 11 is 6.87. The van der Waals surface area contributed by atoms with Gasteiger partial charge in [-0.25, -0.2) is 14.4 Å². The van der Waals surface area contributed by atoms with Crippen LogP contribution < -0.4 is 10.6 Å². The van der Waals surface area contributed by atoms with Gasteiger partial charge in [-0.1, -0.05) is 42.8 Å². The van der Waals surface area contributed by atoms with E-state index in [-0.39, 0.29) is 5.69 Å². The van der Waals surface area contributed by atoms with Gasteiger partial charge in [0.1, 0.15) is 0 Å². The van der Waals surface area contributed by atoms with Crippen LogP contribution in [-0.2, 0) is 16.6 Å². The van der Waals surface area contributed by atoms with E-state index in [9.17, 15) is 14.4 Å². The minimum atomic E-state index is -1.26. The Labute approximate surface area is 280 Å². The van der Waals surface area contributed by atoms with Crippen LogP contribution in [0.3, 0.4) is 0 Å². The van der Waals surface area contributed by atoms with Crippen molar-refractivity contribution < 1.29 is 19.8 Å². The molecule has 48 heavy (non-hydrogen) atoms. The van der Waals surface area contributed by atoms with E-state index in [1.54, 1.807) is 22.4 Å². The summed E-state index contributed by atoms with van der Waals surface area (Å²) in [7, 11) is 1.79. The van der Waals surface area contributed by atoms with Crippen molar-refractivity contribution in [2.24, 2.45) is 7.05 Å². The summed E-state index contributed by atoms with van der Waals surface area (Å²) in [6, 6.07) is 22.4. The van der Waals surface area contributed by atoms with Crippen LogP contribution in [0.1, 0.15) is 6.92 Å². The zero-order chi connectivity index (χ0) is 33.9. The first-order chi connectivity index (χ1) is 23.1. The Balaban J connectivity index is 0.000000449. The molecule has 1 saturated heterocycles.